The van der Waals surface area contributed by atoms with Crippen LogP contribution >= 0.6 is 0 Å². The third-order valence-electron chi connectivity index (χ3n) is 6.01. The standard InChI is InChI=1S/C26H31N5O4S/c1-17(2)34-24-12-11-18(15-19(24)16-27)26-28-25(29-35-26)22-9-5-8-21-20(22)7-6-10-23(21)30-36(32,33)14-13-31(3)4/h5,8-9,11-12,15,17,23,30H,6-7,10,13-14H2,1-4H3/t23-/m0/s1. The van der Waals surface area contributed by atoms with E-state index in [0.29, 0.717) is 35.1 Å². The molecule has 0 saturated heterocycles. The Morgan fingerprint density at radius 1 is 1.28 bits per heavy atom. The van der Waals surface area contributed by atoms with Crippen LogP contribution in [0.15, 0.2) is 40.9 Å². The summed E-state index contributed by atoms with van der Waals surface area (Å²) in [5, 5.41) is 13.7. The fourth-order valence-electron chi connectivity index (χ4n) is 4.32. The number of hydrogen-bond acceptors (Lipinski definition) is 8. The molecule has 0 aliphatic heterocycles. The lowest BCUT2D eigenvalue weighted by molar-refractivity contribution is 0.241. The molecule has 190 valence electrons. The molecular formula is C26H31N5O4S. The fourth-order valence-corrected chi connectivity index (χ4v) is 5.72. The van der Waals surface area contributed by atoms with Crippen LogP contribution < -0.4 is 9.46 Å². The molecule has 0 fully saturated rings. The highest BCUT2D eigenvalue weighted by Gasteiger charge is 2.27. The summed E-state index contributed by atoms with van der Waals surface area (Å²) in [7, 11) is 0.282. The lowest BCUT2D eigenvalue weighted by atomic mass is 9.85. The van der Waals surface area contributed by atoms with E-state index in [-0.39, 0.29) is 17.9 Å². The van der Waals surface area contributed by atoms with Crippen molar-refractivity contribution in [3.05, 3.63) is 53.1 Å². The molecular weight excluding hydrogens is 478 g/mol. The normalized spacial score (nSPS) is 15.6. The topological polar surface area (TPSA) is 121 Å². The van der Waals surface area contributed by atoms with Gasteiger partial charge in [-0.25, -0.2) is 13.1 Å². The van der Waals surface area contributed by atoms with E-state index in [1.165, 1.54) is 0 Å². The summed E-state index contributed by atoms with van der Waals surface area (Å²) in [6, 6.07) is 12.8. The van der Waals surface area contributed by atoms with Crippen molar-refractivity contribution in [1.82, 2.24) is 19.8 Å². The van der Waals surface area contributed by atoms with Crippen molar-refractivity contribution in [2.24, 2.45) is 0 Å². The van der Waals surface area contributed by atoms with Gasteiger partial charge in [0.2, 0.25) is 15.8 Å². The largest absolute Gasteiger partial charge is 0.490 e. The molecule has 0 radical (unpaired) electrons. The zero-order valence-electron chi connectivity index (χ0n) is 21.0. The van der Waals surface area contributed by atoms with Gasteiger partial charge in [0.25, 0.3) is 5.89 Å². The summed E-state index contributed by atoms with van der Waals surface area (Å²) < 4.78 is 39.4. The Morgan fingerprint density at radius 2 is 2.08 bits per heavy atom. The van der Waals surface area contributed by atoms with Gasteiger partial charge in [0.1, 0.15) is 11.8 Å². The summed E-state index contributed by atoms with van der Waals surface area (Å²) >= 11 is 0. The Hall–Kier alpha value is -3.26. The van der Waals surface area contributed by atoms with Crippen LogP contribution in [0.4, 0.5) is 0 Å². The molecule has 0 spiro atoms. The second-order valence-corrected chi connectivity index (χ2v) is 11.3. The number of nitrogens with zero attached hydrogens (tertiary/aromatic N) is 4. The molecule has 0 saturated carbocycles. The minimum absolute atomic E-state index is 0.0470. The molecule has 1 aromatic heterocycles. The van der Waals surface area contributed by atoms with Gasteiger partial charge in [-0.3, -0.25) is 0 Å². The van der Waals surface area contributed by atoms with Gasteiger partial charge in [0.15, 0.2) is 0 Å². The first-order chi connectivity index (χ1) is 17.2. The fraction of sp³-hybridized carbons (Fsp3) is 0.423. The summed E-state index contributed by atoms with van der Waals surface area (Å²) in [6.07, 6.45) is 2.32. The van der Waals surface area contributed by atoms with Crippen LogP contribution in [0.1, 0.15) is 49.4 Å². The summed E-state index contributed by atoms with van der Waals surface area (Å²) in [4.78, 5) is 6.45. The number of aromatic nitrogens is 2. The first kappa shape index (κ1) is 25.8. The molecule has 4 rings (SSSR count). The number of nitrogens with one attached hydrogen (secondary N) is 1. The zero-order valence-corrected chi connectivity index (χ0v) is 21.8. The lowest BCUT2D eigenvalue weighted by Gasteiger charge is -2.27. The first-order valence-corrected chi connectivity index (χ1v) is 13.6. The molecule has 1 atom stereocenters. The molecule has 1 heterocycles. The van der Waals surface area contributed by atoms with E-state index in [1.54, 1.807) is 18.2 Å². The van der Waals surface area contributed by atoms with Gasteiger partial charge in [-0.1, -0.05) is 23.4 Å². The predicted molar refractivity (Wildman–Crippen MR) is 137 cm³/mol. The zero-order chi connectivity index (χ0) is 25.9. The van der Waals surface area contributed by atoms with E-state index in [1.807, 2.05) is 51.0 Å². The average molecular weight is 510 g/mol. The number of benzene rings is 2. The third-order valence-corrected chi connectivity index (χ3v) is 7.38. The Morgan fingerprint density at radius 3 is 2.81 bits per heavy atom. The molecule has 0 unspecified atom stereocenters. The van der Waals surface area contributed by atoms with Crippen LogP contribution in [0.25, 0.3) is 22.8 Å². The summed E-state index contributed by atoms with van der Waals surface area (Å²) in [5.74, 6) is 1.28. The number of fused-ring (bicyclic) bond motifs is 1. The highest BCUT2D eigenvalue weighted by atomic mass is 32.2. The Labute approximate surface area is 212 Å². The van der Waals surface area contributed by atoms with Crippen LogP contribution in [0.3, 0.4) is 0 Å². The number of hydrogen-bond donors (Lipinski definition) is 1. The van der Waals surface area contributed by atoms with Gasteiger partial charge >= 0.3 is 0 Å². The Kier molecular flexibility index (Phi) is 7.73. The van der Waals surface area contributed by atoms with Gasteiger partial charge in [-0.05, 0) is 76.5 Å². The van der Waals surface area contributed by atoms with Crippen molar-refractivity contribution in [1.29, 1.82) is 5.26 Å². The number of rotatable bonds is 9. The lowest BCUT2D eigenvalue weighted by Crippen LogP contribution is -2.35. The smallest absolute Gasteiger partial charge is 0.258 e. The van der Waals surface area contributed by atoms with Crippen LogP contribution in [0, 0.1) is 11.3 Å². The van der Waals surface area contributed by atoms with E-state index < -0.39 is 10.0 Å². The Balaban J connectivity index is 1.61. The van der Waals surface area contributed by atoms with E-state index in [2.05, 4.69) is 20.9 Å². The van der Waals surface area contributed by atoms with Gasteiger partial charge in [0.05, 0.1) is 17.4 Å². The Bertz CT molecular complexity index is 1380. The van der Waals surface area contributed by atoms with E-state index in [4.69, 9.17) is 9.26 Å². The average Bonchev–Trinajstić information content (AvgIpc) is 3.32. The SMILES string of the molecule is CC(C)Oc1ccc(-c2nc(-c3cccc4c3CCC[C@@H]4NS(=O)(=O)CCN(C)C)no2)cc1C#N. The predicted octanol–water partition coefficient (Wildman–Crippen LogP) is 3.92. The van der Waals surface area contributed by atoms with Gasteiger partial charge in [0, 0.05) is 23.7 Å². The molecule has 1 aliphatic carbocycles. The van der Waals surface area contributed by atoms with Crippen molar-refractivity contribution in [2.45, 2.75) is 45.3 Å². The molecule has 1 aliphatic rings. The van der Waals surface area contributed by atoms with E-state index in [0.717, 1.165) is 36.0 Å². The van der Waals surface area contributed by atoms with Crippen LogP contribution in [0.5, 0.6) is 5.75 Å². The van der Waals surface area contributed by atoms with E-state index >= 15 is 0 Å². The quantitative estimate of drug-likeness (QED) is 0.461. The van der Waals surface area contributed by atoms with Crippen molar-refractivity contribution in [3.63, 3.8) is 0 Å². The minimum atomic E-state index is -3.42. The van der Waals surface area contributed by atoms with Gasteiger partial charge < -0.3 is 14.2 Å². The second kappa shape index (κ2) is 10.8. The van der Waals surface area contributed by atoms with Crippen molar-refractivity contribution in [3.8, 4) is 34.7 Å². The highest BCUT2D eigenvalue weighted by Crippen LogP contribution is 2.36. The van der Waals surface area contributed by atoms with Crippen LogP contribution in [-0.4, -0.2) is 56.0 Å². The van der Waals surface area contributed by atoms with Crippen molar-refractivity contribution >= 4 is 10.0 Å². The van der Waals surface area contributed by atoms with Crippen LogP contribution in [0.2, 0.25) is 0 Å². The third kappa shape index (κ3) is 5.93. The highest BCUT2D eigenvalue weighted by molar-refractivity contribution is 7.89. The van der Waals surface area contributed by atoms with Gasteiger partial charge in [-0.15, -0.1) is 0 Å². The second-order valence-electron chi connectivity index (χ2n) is 9.47. The molecule has 1 N–H and O–H groups in total. The number of ether oxygens (including phenoxy) is 1. The molecule has 0 amide bonds. The molecule has 2 aromatic carbocycles. The maximum atomic E-state index is 12.7. The summed E-state index contributed by atoms with van der Waals surface area (Å²) in [6.45, 7) is 4.26. The van der Waals surface area contributed by atoms with Crippen molar-refractivity contribution < 1.29 is 17.7 Å². The molecule has 36 heavy (non-hydrogen) atoms. The molecule has 3 aromatic rings. The summed E-state index contributed by atoms with van der Waals surface area (Å²) in [5.41, 5.74) is 3.80. The molecule has 0 bridgehead atoms. The first-order valence-electron chi connectivity index (χ1n) is 12.0. The van der Waals surface area contributed by atoms with E-state index in [9.17, 15) is 13.7 Å². The number of nitriles is 1. The van der Waals surface area contributed by atoms with Crippen molar-refractivity contribution in [2.75, 3.05) is 26.4 Å². The minimum Gasteiger partial charge on any atom is -0.490 e. The monoisotopic (exact) mass is 509 g/mol. The maximum absolute atomic E-state index is 12.7. The molecule has 10 heteroatoms. The van der Waals surface area contributed by atoms with Crippen LogP contribution in [-0.2, 0) is 16.4 Å². The maximum Gasteiger partial charge on any atom is 0.258 e. The molecule has 9 nitrogen and oxygen atoms in total. The number of sulfonamides is 1. The van der Waals surface area contributed by atoms with Gasteiger partial charge in [-0.2, -0.15) is 10.2 Å².